The quantitative estimate of drug-likeness (QED) is 0.898. The lowest BCUT2D eigenvalue weighted by Gasteiger charge is -2.33. The summed E-state index contributed by atoms with van der Waals surface area (Å²) >= 11 is 0. The predicted octanol–water partition coefficient (Wildman–Crippen LogP) is 2.20. The molecule has 1 N–H and O–H groups in total. The number of hydrogen-bond acceptors (Lipinski definition) is 4. The van der Waals surface area contributed by atoms with Crippen molar-refractivity contribution in [3.8, 4) is 5.75 Å². The van der Waals surface area contributed by atoms with Crippen LogP contribution in [0.5, 0.6) is 5.75 Å². The van der Waals surface area contributed by atoms with Crippen LogP contribution >= 0.6 is 0 Å². The third kappa shape index (κ3) is 4.48. The Morgan fingerprint density at radius 1 is 1.29 bits per heavy atom. The predicted molar refractivity (Wildman–Crippen MR) is 93.0 cm³/mol. The Balaban J connectivity index is 1.46. The lowest BCUT2D eigenvalue weighted by Crippen LogP contribution is -2.46. The maximum atomic E-state index is 12.4. The van der Waals surface area contributed by atoms with E-state index in [0.717, 1.165) is 57.7 Å². The van der Waals surface area contributed by atoms with E-state index in [0.29, 0.717) is 6.61 Å². The molecule has 0 spiro atoms. The average molecular weight is 332 g/mol. The summed E-state index contributed by atoms with van der Waals surface area (Å²) in [7, 11) is 1.71. The fourth-order valence-electron chi connectivity index (χ4n) is 3.60. The van der Waals surface area contributed by atoms with E-state index in [2.05, 4.69) is 16.3 Å². The zero-order valence-corrected chi connectivity index (χ0v) is 14.5. The van der Waals surface area contributed by atoms with Gasteiger partial charge in [0.25, 0.3) is 0 Å². The molecule has 2 aliphatic rings. The molecule has 5 heteroatoms. The number of carbonyl (C=O) groups excluding carboxylic acids is 1. The van der Waals surface area contributed by atoms with E-state index in [1.807, 2.05) is 18.2 Å². The molecule has 2 saturated heterocycles. The van der Waals surface area contributed by atoms with Gasteiger partial charge in [0.05, 0.1) is 19.8 Å². The minimum Gasteiger partial charge on any atom is -0.496 e. The van der Waals surface area contributed by atoms with Gasteiger partial charge in [0, 0.05) is 24.6 Å². The SMILES string of the molecule is COc1ccccc1CN1CCC(C(=O)N[C@H]2CCCOC2)CC1. The van der Waals surface area contributed by atoms with Crippen LogP contribution in [-0.4, -0.2) is 50.3 Å². The number of carbonyl (C=O) groups is 1. The molecule has 0 bridgehead atoms. The smallest absolute Gasteiger partial charge is 0.223 e. The second-order valence-electron chi connectivity index (χ2n) is 6.78. The summed E-state index contributed by atoms with van der Waals surface area (Å²) in [5, 5.41) is 3.17. The minimum absolute atomic E-state index is 0.140. The monoisotopic (exact) mass is 332 g/mol. The Bertz CT molecular complexity index is 535. The molecular formula is C19H28N2O3. The van der Waals surface area contributed by atoms with Gasteiger partial charge < -0.3 is 14.8 Å². The van der Waals surface area contributed by atoms with Crippen LogP contribution in [-0.2, 0) is 16.1 Å². The fraction of sp³-hybridized carbons (Fsp3) is 0.632. The third-order valence-electron chi connectivity index (χ3n) is 5.05. The first-order valence-electron chi connectivity index (χ1n) is 8.98. The molecule has 0 saturated carbocycles. The molecule has 1 amide bonds. The Kier molecular flexibility index (Phi) is 6.10. The number of amides is 1. The van der Waals surface area contributed by atoms with Crippen LogP contribution in [0.2, 0.25) is 0 Å². The van der Waals surface area contributed by atoms with E-state index < -0.39 is 0 Å². The lowest BCUT2D eigenvalue weighted by molar-refractivity contribution is -0.128. The number of methoxy groups -OCH3 is 1. The molecular weight excluding hydrogens is 304 g/mol. The maximum absolute atomic E-state index is 12.4. The van der Waals surface area contributed by atoms with Gasteiger partial charge in [-0.1, -0.05) is 18.2 Å². The number of nitrogens with one attached hydrogen (secondary N) is 1. The van der Waals surface area contributed by atoms with Crippen molar-refractivity contribution < 1.29 is 14.3 Å². The van der Waals surface area contributed by atoms with Crippen molar-refractivity contribution in [3.63, 3.8) is 0 Å². The van der Waals surface area contributed by atoms with Crippen LogP contribution in [0.3, 0.4) is 0 Å². The molecule has 2 fully saturated rings. The van der Waals surface area contributed by atoms with Gasteiger partial charge in [-0.15, -0.1) is 0 Å². The van der Waals surface area contributed by atoms with Gasteiger partial charge in [0.1, 0.15) is 5.75 Å². The first-order valence-corrected chi connectivity index (χ1v) is 8.98. The molecule has 0 radical (unpaired) electrons. The van der Waals surface area contributed by atoms with Crippen molar-refractivity contribution in [2.45, 2.75) is 38.3 Å². The average Bonchev–Trinajstić information content (AvgIpc) is 2.63. The molecule has 5 nitrogen and oxygen atoms in total. The molecule has 24 heavy (non-hydrogen) atoms. The Morgan fingerprint density at radius 3 is 2.79 bits per heavy atom. The topological polar surface area (TPSA) is 50.8 Å². The molecule has 2 aliphatic heterocycles. The Hall–Kier alpha value is -1.59. The van der Waals surface area contributed by atoms with E-state index >= 15 is 0 Å². The number of likely N-dealkylation sites (tertiary alicyclic amines) is 1. The fourth-order valence-corrected chi connectivity index (χ4v) is 3.60. The second-order valence-corrected chi connectivity index (χ2v) is 6.78. The van der Waals surface area contributed by atoms with Crippen molar-refractivity contribution in [3.05, 3.63) is 29.8 Å². The highest BCUT2D eigenvalue weighted by atomic mass is 16.5. The van der Waals surface area contributed by atoms with E-state index in [4.69, 9.17) is 9.47 Å². The maximum Gasteiger partial charge on any atom is 0.223 e. The van der Waals surface area contributed by atoms with E-state index in [1.54, 1.807) is 7.11 Å². The molecule has 1 aromatic carbocycles. The summed E-state index contributed by atoms with van der Waals surface area (Å²) in [6.07, 6.45) is 3.93. The van der Waals surface area contributed by atoms with Crippen molar-refractivity contribution in [2.75, 3.05) is 33.4 Å². The highest BCUT2D eigenvalue weighted by molar-refractivity contribution is 5.79. The zero-order chi connectivity index (χ0) is 16.8. The van der Waals surface area contributed by atoms with Crippen molar-refractivity contribution in [1.82, 2.24) is 10.2 Å². The second kappa shape index (κ2) is 8.49. The Labute approximate surface area is 144 Å². The highest BCUT2D eigenvalue weighted by Gasteiger charge is 2.27. The van der Waals surface area contributed by atoms with Crippen LogP contribution < -0.4 is 10.1 Å². The van der Waals surface area contributed by atoms with Crippen LogP contribution in [0, 0.1) is 5.92 Å². The summed E-state index contributed by atoms with van der Waals surface area (Å²) in [6.45, 7) is 4.29. The number of hydrogen-bond donors (Lipinski definition) is 1. The Morgan fingerprint density at radius 2 is 2.08 bits per heavy atom. The van der Waals surface area contributed by atoms with Crippen LogP contribution in [0.1, 0.15) is 31.2 Å². The van der Waals surface area contributed by atoms with Gasteiger partial charge in [-0.2, -0.15) is 0 Å². The summed E-state index contributed by atoms with van der Waals surface area (Å²) in [4.78, 5) is 14.8. The summed E-state index contributed by atoms with van der Waals surface area (Å²) < 4.78 is 10.9. The first kappa shape index (κ1) is 17.2. The van der Waals surface area contributed by atoms with Crippen LogP contribution in [0.25, 0.3) is 0 Å². The first-order chi connectivity index (χ1) is 11.8. The molecule has 0 unspecified atom stereocenters. The lowest BCUT2D eigenvalue weighted by atomic mass is 9.95. The van der Waals surface area contributed by atoms with Gasteiger partial charge in [0.2, 0.25) is 5.91 Å². The third-order valence-corrected chi connectivity index (χ3v) is 5.05. The van der Waals surface area contributed by atoms with Crippen molar-refractivity contribution in [1.29, 1.82) is 0 Å². The number of para-hydroxylation sites is 1. The zero-order valence-electron chi connectivity index (χ0n) is 14.5. The molecule has 132 valence electrons. The number of benzene rings is 1. The number of rotatable bonds is 5. The van der Waals surface area contributed by atoms with Crippen LogP contribution in [0.4, 0.5) is 0 Å². The normalized spacial score (nSPS) is 23.0. The molecule has 1 atom stereocenters. The van der Waals surface area contributed by atoms with E-state index in [1.165, 1.54) is 5.56 Å². The van der Waals surface area contributed by atoms with Gasteiger partial charge in [-0.05, 0) is 44.8 Å². The van der Waals surface area contributed by atoms with Gasteiger partial charge >= 0.3 is 0 Å². The van der Waals surface area contributed by atoms with E-state index in [-0.39, 0.29) is 17.9 Å². The molecule has 0 aromatic heterocycles. The molecule has 0 aliphatic carbocycles. The van der Waals surface area contributed by atoms with Gasteiger partial charge in [0.15, 0.2) is 0 Å². The summed E-state index contributed by atoms with van der Waals surface area (Å²) in [6, 6.07) is 8.36. The largest absolute Gasteiger partial charge is 0.496 e. The number of nitrogens with zero attached hydrogens (tertiary/aromatic N) is 1. The molecule has 2 heterocycles. The van der Waals surface area contributed by atoms with E-state index in [9.17, 15) is 4.79 Å². The molecule has 1 aromatic rings. The highest BCUT2D eigenvalue weighted by Crippen LogP contribution is 2.23. The summed E-state index contributed by atoms with van der Waals surface area (Å²) in [5.74, 6) is 1.29. The summed E-state index contributed by atoms with van der Waals surface area (Å²) in [5.41, 5.74) is 1.21. The number of ether oxygens (including phenoxy) is 2. The van der Waals surface area contributed by atoms with Crippen molar-refractivity contribution >= 4 is 5.91 Å². The van der Waals surface area contributed by atoms with Gasteiger partial charge in [-0.3, -0.25) is 9.69 Å². The molecule has 3 rings (SSSR count). The van der Waals surface area contributed by atoms with Crippen LogP contribution in [0.15, 0.2) is 24.3 Å². The van der Waals surface area contributed by atoms with Crippen molar-refractivity contribution in [2.24, 2.45) is 5.92 Å². The number of piperidine rings is 1. The van der Waals surface area contributed by atoms with Gasteiger partial charge in [-0.25, -0.2) is 0 Å². The standard InChI is InChI=1S/C19H28N2O3/c1-23-18-7-3-2-5-16(18)13-21-10-8-15(9-11-21)19(22)20-17-6-4-12-24-14-17/h2-3,5,7,15,17H,4,6,8-14H2,1H3,(H,20,22)/t17-/m0/s1. The minimum atomic E-state index is 0.140.